The van der Waals surface area contributed by atoms with Crippen LogP contribution in [0.3, 0.4) is 0 Å². The Kier molecular flexibility index (Phi) is 7.28. The van der Waals surface area contributed by atoms with Gasteiger partial charge in [0.15, 0.2) is 0 Å². The average Bonchev–Trinajstić information content (AvgIpc) is 2.53. The van der Waals surface area contributed by atoms with Crippen molar-refractivity contribution in [3.05, 3.63) is 36.0 Å². The zero-order valence-electron chi connectivity index (χ0n) is 16.9. The third-order valence-corrected chi connectivity index (χ3v) is 6.48. The molecule has 0 aromatic carbocycles. The van der Waals surface area contributed by atoms with E-state index in [1.54, 1.807) is 6.08 Å². The van der Waals surface area contributed by atoms with Gasteiger partial charge in [-0.2, -0.15) is 0 Å². The van der Waals surface area contributed by atoms with Gasteiger partial charge in [-0.25, -0.2) is 4.79 Å². The maximum Gasteiger partial charge on any atom is 0.328 e. The van der Waals surface area contributed by atoms with Gasteiger partial charge in [-0.05, 0) is 67.6 Å². The molecule has 2 N–H and O–H groups in total. The summed E-state index contributed by atoms with van der Waals surface area (Å²) in [6, 6.07) is 0. The second-order valence-electron chi connectivity index (χ2n) is 8.92. The molecule has 0 saturated heterocycles. The fourth-order valence-electron chi connectivity index (χ4n) is 5.66. The van der Waals surface area contributed by atoms with Crippen LogP contribution in [0.1, 0.15) is 53.9 Å². The van der Waals surface area contributed by atoms with Crippen LogP contribution in [0, 0.1) is 41.4 Å². The van der Waals surface area contributed by atoms with E-state index < -0.39 is 5.97 Å². The molecule has 26 heavy (non-hydrogen) atoms. The van der Waals surface area contributed by atoms with E-state index in [-0.39, 0.29) is 6.10 Å². The van der Waals surface area contributed by atoms with Gasteiger partial charge in [0.2, 0.25) is 0 Å². The number of rotatable bonds is 5. The minimum atomic E-state index is -0.918. The summed E-state index contributed by atoms with van der Waals surface area (Å²) in [6.45, 7) is 11.3. The molecule has 2 saturated carbocycles. The lowest BCUT2D eigenvalue weighted by Crippen LogP contribution is -2.48. The number of aliphatic hydroxyl groups excluding tert-OH is 1. The molecule has 0 bridgehead atoms. The zero-order chi connectivity index (χ0) is 19.4. The molecule has 7 atom stereocenters. The number of hydrogen-bond donors (Lipinski definition) is 2. The van der Waals surface area contributed by atoms with Crippen LogP contribution in [0.4, 0.5) is 0 Å². The van der Waals surface area contributed by atoms with Crippen molar-refractivity contribution in [1.82, 2.24) is 0 Å². The lowest BCUT2D eigenvalue weighted by atomic mass is 9.53. The number of carboxylic acids is 1. The average molecular weight is 361 g/mol. The molecule has 2 aliphatic carbocycles. The number of fused-ring (bicyclic) bond motifs is 1. The highest BCUT2D eigenvalue weighted by atomic mass is 16.4. The Morgan fingerprint density at radius 2 is 1.81 bits per heavy atom. The van der Waals surface area contributed by atoms with Crippen LogP contribution in [0.5, 0.6) is 0 Å². The van der Waals surface area contributed by atoms with Crippen LogP contribution in [-0.4, -0.2) is 22.3 Å². The number of carbonyl (C=O) groups is 1. The number of carboxylic acid groups (broad SMARTS) is 1. The zero-order valence-corrected chi connectivity index (χ0v) is 16.9. The van der Waals surface area contributed by atoms with Gasteiger partial charge in [-0.3, -0.25) is 0 Å². The van der Waals surface area contributed by atoms with Crippen molar-refractivity contribution in [3.63, 3.8) is 0 Å². The number of aliphatic carboxylic acids is 1. The van der Waals surface area contributed by atoms with Crippen LogP contribution in [0.15, 0.2) is 36.0 Å². The summed E-state index contributed by atoms with van der Waals surface area (Å²) in [6.07, 6.45) is 12.2. The van der Waals surface area contributed by atoms with Crippen molar-refractivity contribution < 1.29 is 15.0 Å². The third kappa shape index (κ3) is 4.88. The summed E-state index contributed by atoms with van der Waals surface area (Å²) >= 11 is 0. The summed E-state index contributed by atoms with van der Waals surface area (Å²) in [4.78, 5) is 10.8. The second-order valence-corrected chi connectivity index (χ2v) is 8.92. The molecule has 0 radical (unpaired) electrons. The van der Waals surface area contributed by atoms with E-state index in [1.165, 1.54) is 11.6 Å². The Balaban J connectivity index is 2.39. The van der Waals surface area contributed by atoms with Gasteiger partial charge < -0.3 is 10.2 Å². The lowest BCUT2D eigenvalue weighted by Gasteiger charge is -2.52. The monoisotopic (exact) mass is 360 g/mol. The molecule has 0 spiro atoms. The Morgan fingerprint density at radius 1 is 1.12 bits per heavy atom. The normalized spacial score (nSPS) is 38.9. The number of hydrogen-bond acceptors (Lipinski definition) is 2. The summed E-state index contributed by atoms with van der Waals surface area (Å²) in [5, 5.41) is 19.5. The maximum atomic E-state index is 10.8. The molecule has 146 valence electrons. The van der Waals surface area contributed by atoms with E-state index in [2.05, 4.69) is 46.8 Å². The largest absolute Gasteiger partial charge is 0.478 e. The van der Waals surface area contributed by atoms with Crippen molar-refractivity contribution in [2.75, 3.05) is 0 Å². The fourth-order valence-corrected chi connectivity index (χ4v) is 5.66. The van der Waals surface area contributed by atoms with Crippen LogP contribution < -0.4 is 0 Å². The predicted molar refractivity (Wildman–Crippen MR) is 107 cm³/mol. The molecule has 2 rings (SSSR count). The maximum absolute atomic E-state index is 10.8. The number of allylic oxidation sites excluding steroid dienone is 5. The summed E-state index contributed by atoms with van der Waals surface area (Å²) < 4.78 is 0. The molecule has 3 nitrogen and oxygen atoms in total. The SMILES string of the molecule is CC(=CC(C)C)[C@H]1[C@@H](C=CC=CC(=O)O)[C@H]2[C@@H](C[C@H]1C)[C@@H](O)CC[C@@H]2C. The topological polar surface area (TPSA) is 57.5 Å². The van der Waals surface area contributed by atoms with E-state index in [0.717, 1.165) is 19.3 Å². The smallest absolute Gasteiger partial charge is 0.328 e. The molecule has 0 aliphatic heterocycles. The Hall–Kier alpha value is -1.35. The Labute approximate surface area is 158 Å². The predicted octanol–water partition coefficient (Wildman–Crippen LogP) is 5.08. The van der Waals surface area contributed by atoms with Crippen LogP contribution in [0.2, 0.25) is 0 Å². The fraction of sp³-hybridized carbons (Fsp3) is 0.696. The van der Waals surface area contributed by atoms with E-state index in [9.17, 15) is 9.90 Å². The van der Waals surface area contributed by atoms with Crippen molar-refractivity contribution in [2.24, 2.45) is 41.4 Å². The van der Waals surface area contributed by atoms with Crippen molar-refractivity contribution in [1.29, 1.82) is 0 Å². The van der Waals surface area contributed by atoms with Gasteiger partial charge in [0.05, 0.1) is 6.10 Å². The van der Waals surface area contributed by atoms with Crippen LogP contribution in [0.25, 0.3) is 0 Å². The highest BCUT2D eigenvalue weighted by molar-refractivity contribution is 5.80. The third-order valence-electron chi connectivity index (χ3n) is 6.48. The van der Waals surface area contributed by atoms with Crippen molar-refractivity contribution >= 4 is 5.97 Å². The first-order chi connectivity index (χ1) is 12.2. The highest BCUT2D eigenvalue weighted by Crippen LogP contribution is 2.53. The summed E-state index contributed by atoms with van der Waals surface area (Å²) in [7, 11) is 0. The van der Waals surface area contributed by atoms with Crippen LogP contribution >= 0.6 is 0 Å². The van der Waals surface area contributed by atoms with Gasteiger partial charge in [-0.15, -0.1) is 0 Å². The lowest BCUT2D eigenvalue weighted by molar-refractivity contribution is -0.131. The van der Waals surface area contributed by atoms with Crippen LogP contribution in [-0.2, 0) is 4.79 Å². The standard InChI is InChI=1S/C23H36O3/c1-14(2)12-16(4)22-17(5)13-19-20(24)11-10-15(3)23(19)18(22)8-6-7-9-21(25)26/h6-9,12,14-15,17-20,22-24H,10-11,13H2,1-5H3,(H,25,26)/t15-,17+,18+,19-,20-,22+,23-/m0/s1. The summed E-state index contributed by atoms with van der Waals surface area (Å²) in [5.41, 5.74) is 1.44. The van der Waals surface area contributed by atoms with E-state index in [0.29, 0.717) is 41.4 Å². The molecule has 0 aromatic heterocycles. The van der Waals surface area contributed by atoms with Gasteiger partial charge in [0, 0.05) is 6.08 Å². The van der Waals surface area contributed by atoms with Crippen molar-refractivity contribution in [3.8, 4) is 0 Å². The van der Waals surface area contributed by atoms with Crippen molar-refractivity contribution in [2.45, 2.75) is 60.0 Å². The minimum absolute atomic E-state index is 0.195. The van der Waals surface area contributed by atoms with E-state index in [4.69, 9.17) is 5.11 Å². The highest BCUT2D eigenvalue weighted by Gasteiger charge is 2.48. The Bertz CT molecular complexity index is 572. The van der Waals surface area contributed by atoms with Gasteiger partial charge in [0.1, 0.15) is 0 Å². The first kappa shape index (κ1) is 21.0. The number of aliphatic hydroxyl groups is 1. The molecule has 2 aliphatic rings. The molecule has 0 amide bonds. The Morgan fingerprint density at radius 3 is 2.42 bits per heavy atom. The summed E-state index contributed by atoms with van der Waals surface area (Å²) in [5.74, 6) is 2.33. The van der Waals surface area contributed by atoms with Gasteiger partial charge in [-0.1, -0.05) is 57.6 Å². The molecular weight excluding hydrogens is 324 g/mol. The van der Waals surface area contributed by atoms with Gasteiger partial charge in [0.25, 0.3) is 0 Å². The van der Waals surface area contributed by atoms with Gasteiger partial charge >= 0.3 is 5.97 Å². The first-order valence-electron chi connectivity index (χ1n) is 10.2. The minimum Gasteiger partial charge on any atom is -0.478 e. The first-order valence-corrected chi connectivity index (χ1v) is 10.2. The quantitative estimate of drug-likeness (QED) is 0.408. The second kappa shape index (κ2) is 9.03. The van der Waals surface area contributed by atoms with E-state index >= 15 is 0 Å². The molecule has 2 fully saturated rings. The molecule has 0 heterocycles. The molecular formula is C23H36O3. The van der Waals surface area contributed by atoms with E-state index in [1.807, 2.05) is 6.08 Å². The molecule has 0 aromatic rings. The molecule has 0 unspecified atom stereocenters. The molecule has 3 heteroatoms.